The van der Waals surface area contributed by atoms with E-state index in [4.69, 9.17) is 4.84 Å². The Morgan fingerprint density at radius 1 is 1.04 bits per heavy atom. The molecular formula is C22H25NO2S. The van der Waals surface area contributed by atoms with Gasteiger partial charge in [0.25, 0.3) is 0 Å². The zero-order valence-electron chi connectivity index (χ0n) is 15.2. The zero-order chi connectivity index (χ0) is 18.2. The van der Waals surface area contributed by atoms with Gasteiger partial charge in [-0.15, -0.1) is 0 Å². The van der Waals surface area contributed by atoms with Crippen LogP contribution in [0, 0.1) is 5.92 Å². The number of carbonyl (C=O) groups excluding carboxylic acids is 1. The van der Waals surface area contributed by atoms with Crippen LogP contribution in [-0.4, -0.2) is 18.1 Å². The second-order valence-electron chi connectivity index (χ2n) is 6.58. The SMILES string of the molecule is CCON=C(CC1CCCC1)C(=O)c1ccc(Sc2ccccc2)cc1. The van der Waals surface area contributed by atoms with Crippen molar-refractivity contribution < 1.29 is 9.63 Å². The van der Waals surface area contributed by atoms with Crippen LogP contribution in [0.3, 0.4) is 0 Å². The highest BCUT2D eigenvalue weighted by Crippen LogP contribution is 2.30. The number of Topliss-reactive ketones (excluding diaryl/α,β-unsaturated/α-hetero) is 1. The third-order valence-electron chi connectivity index (χ3n) is 4.62. The number of benzene rings is 2. The Bertz CT molecular complexity index is 734. The van der Waals surface area contributed by atoms with Gasteiger partial charge in [0.05, 0.1) is 0 Å². The summed E-state index contributed by atoms with van der Waals surface area (Å²) in [4.78, 5) is 20.4. The van der Waals surface area contributed by atoms with Crippen molar-refractivity contribution in [3.63, 3.8) is 0 Å². The normalized spacial score (nSPS) is 15.2. The molecule has 2 aromatic rings. The molecule has 3 rings (SSSR count). The van der Waals surface area contributed by atoms with E-state index in [0.29, 0.717) is 23.8 Å². The van der Waals surface area contributed by atoms with Crippen LogP contribution >= 0.6 is 11.8 Å². The molecule has 0 saturated heterocycles. The zero-order valence-corrected chi connectivity index (χ0v) is 16.0. The molecule has 0 bridgehead atoms. The van der Waals surface area contributed by atoms with Crippen molar-refractivity contribution in [3.05, 3.63) is 60.2 Å². The Labute approximate surface area is 159 Å². The number of nitrogens with zero attached hydrogens (tertiary/aromatic N) is 1. The molecule has 1 aliphatic rings. The summed E-state index contributed by atoms with van der Waals surface area (Å²) in [5.74, 6) is 0.549. The van der Waals surface area contributed by atoms with Gasteiger partial charge in [-0.05, 0) is 55.7 Å². The Balaban J connectivity index is 1.69. The van der Waals surface area contributed by atoms with Crippen LogP contribution < -0.4 is 0 Å². The first-order valence-electron chi connectivity index (χ1n) is 9.32. The lowest BCUT2D eigenvalue weighted by molar-refractivity contribution is 0.104. The van der Waals surface area contributed by atoms with E-state index in [-0.39, 0.29) is 5.78 Å². The molecule has 3 nitrogen and oxygen atoms in total. The van der Waals surface area contributed by atoms with Gasteiger partial charge in [-0.2, -0.15) is 0 Å². The molecule has 26 heavy (non-hydrogen) atoms. The van der Waals surface area contributed by atoms with Gasteiger partial charge in [-0.1, -0.05) is 60.8 Å². The topological polar surface area (TPSA) is 38.7 Å². The molecule has 0 radical (unpaired) electrons. The molecule has 0 spiro atoms. The Kier molecular flexibility index (Phi) is 6.89. The number of carbonyl (C=O) groups is 1. The number of hydrogen-bond acceptors (Lipinski definition) is 4. The smallest absolute Gasteiger partial charge is 0.210 e. The second kappa shape index (κ2) is 9.58. The first kappa shape index (κ1) is 18.7. The molecule has 0 heterocycles. The summed E-state index contributed by atoms with van der Waals surface area (Å²) in [6, 6.07) is 18.0. The largest absolute Gasteiger partial charge is 0.396 e. The average molecular weight is 368 g/mol. The molecule has 136 valence electrons. The number of hydrogen-bond donors (Lipinski definition) is 0. The molecule has 0 N–H and O–H groups in total. The van der Waals surface area contributed by atoms with E-state index in [1.165, 1.54) is 30.6 Å². The summed E-state index contributed by atoms with van der Waals surface area (Å²) in [7, 11) is 0. The fourth-order valence-corrected chi connectivity index (χ4v) is 4.10. The summed E-state index contributed by atoms with van der Waals surface area (Å²) in [6.07, 6.45) is 5.61. The standard InChI is InChI=1S/C22H25NO2S/c1-2-25-23-21(16-17-8-6-7-9-17)22(24)18-12-14-20(15-13-18)26-19-10-4-3-5-11-19/h3-5,10-15,17H,2,6-9,16H2,1H3. The predicted molar refractivity (Wildman–Crippen MR) is 107 cm³/mol. The Morgan fingerprint density at radius 3 is 2.35 bits per heavy atom. The van der Waals surface area contributed by atoms with E-state index in [0.717, 1.165) is 11.3 Å². The maximum atomic E-state index is 12.9. The van der Waals surface area contributed by atoms with Crippen LogP contribution in [0.4, 0.5) is 0 Å². The number of rotatable bonds is 8. The second-order valence-corrected chi connectivity index (χ2v) is 7.73. The van der Waals surface area contributed by atoms with Crippen LogP contribution in [0.25, 0.3) is 0 Å². The predicted octanol–water partition coefficient (Wildman–Crippen LogP) is 5.99. The minimum Gasteiger partial charge on any atom is -0.396 e. The maximum absolute atomic E-state index is 12.9. The van der Waals surface area contributed by atoms with Gasteiger partial charge in [0, 0.05) is 15.4 Å². The van der Waals surface area contributed by atoms with Gasteiger partial charge in [-0.25, -0.2) is 0 Å². The van der Waals surface area contributed by atoms with Gasteiger partial charge in [0.15, 0.2) is 0 Å². The van der Waals surface area contributed by atoms with Crippen LogP contribution in [-0.2, 0) is 4.84 Å². The first-order chi connectivity index (χ1) is 12.8. The third-order valence-corrected chi connectivity index (χ3v) is 5.63. The highest BCUT2D eigenvalue weighted by Gasteiger charge is 2.23. The quantitative estimate of drug-likeness (QED) is 0.327. The lowest BCUT2D eigenvalue weighted by Crippen LogP contribution is -2.18. The lowest BCUT2D eigenvalue weighted by Gasteiger charge is -2.11. The van der Waals surface area contributed by atoms with Crippen LogP contribution in [0.15, 0.2) is 69.5 Å². The number of ketones is 1. The molecule has 0 atom stereocenters. The summed E-state index contributed by atoms with van der Waals surface area (Å²) in [6.45, 7) is 2.37. The Hall–Kier alpha value is -2.07. The summed E-state index contributed by atoms with van der Waals surface area (Å²) >= 11 is 1.69. The molecule has 1 aliphatic carbocycles. The van der Waals surface area contributed by atoms with Crippen LogP contribution in [0.1, 0.15) is 49.4 Å². The molecule has 0 aromatic heterocycles. The van der Waals surface area contributed by atoms with Crippen LogP contribution in [0.2, 0.25) is 0 Å². The van der Waals surface area contributed by atoms with E-state index >= 15 is 0 Å². The average Bonchev–Trinajstić information content (AvgIpc) is 3.19. The van der Waals surface area contributed by atoms with Crippen LogP contribution in [0.5, 0.6) is 0 Å². The van der Waals surface area contributed by atoms with E-state index in [9.17, 15) is 4.79 Å². The highest BCUT2D eigenvalue weighted by atomic mass is 32.2. The fourth-order valence-electron chi connectivity index (χ4n) is 3.27. The minimum atomic E-state index is -0.0124. The van der Waals surface area contributed by atoms with E-state index in [1.54, 1.807) is 11.8 Å². The summed E-state index contributed by atoms with van der Waals surface area (Å²) in [5, 5.41) is 4.13. The molecule has 2 aromatic carbocycles. The molecule has 1 fully saturated rings. The van der Waals surface area contributed by atoms with E-state index in [1.807, 2.05) is 49.4 Å². The van der Waals surface area contributed by atoms with Gasteiger partial charge >= 0.3 is 0 Å². The van der Waals surface area contributed by atoms with Crippen molar-refractivity contribution in [2.75, 3.05) is 6.61 Å². The molecule has 4 heteroatoms. The monoisotopic (exact) mass is 367 g/mol. The maximum Gasteiger partial charge on any atom is 0.210 e. The molecule has 0 aliphatic heterocycles. The lowest BCUT2D eigenvalue weighted by atomic mass is 9.96. The van der Waals surface area contributed by atoms with Crippen molar-refractivity contribution in [3.8, 4) is 0 Å². The van der Waals surface area contributed by atoms with Gasteiger partial charge < -0.3 is 4.84 Å². The van der Waals surface area contributed by atoms with Crippen molar-refractivity contribution in [2.24, 2.45) is 11.1 Å². The number of oxime groups is 1. The molecular weight excluding hydrogens is 342 g/mol. The summed E-state index contributed by atoms with van der Waals surface area (Å²) in [5.41, 5.74) is 1.24. The molecule has 1 saturated carbocycles. The highest BCUT2D eigenvalue weighted by molar-refractivity contribution is 7.99. The Morgan fingerprint density at radius 2 is 1.69 bits per heavy atom. The van der Waals surface area contributed by atoms with Gasteiger partial charge in [-0.3, -0.25) is 4.79 Å². The minimum absolute atomic E-state index is 0.0124. The van der Waals surface area contributed by atoms with Crippen molar-refractivity contribution in [1.29, 1.82) is 0 Å². The summed E-state index contributed by atoms with van der Waals surface area (Å²) < 4.78 is 0. The third kappa shape index (κ3) is 5.21. The van der Waals surface area contributed by atoms with Gasteiger partial charge in [0.1, 0.15) is 12.3 Å². The molecule has 0 amide bonds. The van der Waals surface area contributed by atoms with Crippen molar-refractivity contribution >= 4 is 23.3 Å². The fraction of sp³-hybridized carbons (Fsp3) is 0.364. The molecule has 0 unspecified atom stereocenters. The van der Waals surface area contributed by atoms with E-state index in [2.05, 4.69) is 17.3 Å². The van der Waals surface area contributed by atoms with Gasteiger partial charge in [0.2, 0.25) is 5.78 Å². The van der Waals surface area contributed by atoms with Crippen molar-refractivity contribution in [2.45, 2.75) is 48.8 Å². The first-order valence-corrected chi connectivity index (χ1v) is 10.1. The van der Waals surface area contributed by atoms with Crippen molar-refractivity contribution in [1.82, 2.24) is 0 Å². The van der Waals surface area contributed by atoms with E-state index < -0.39 is 0 Å².